The Morgan fingerprint density at radius 2 is 1.91 bits per heavy atom. The fourth-order valence-electron chi connectivity index (χ4n) is 2.57. The molecule has 1 heterocycles. The Morgan fingerprint density at radius 3 is 2.45 bits per heavy atom. The van der Waals surface area contributed by atoms with Crippen LogP contribution in [0.3, 0.4) is 0 Å². The molecule has 0 saturated carbocycles. The number of hydrogen-bond acceptors (Lipinski definition) is 3. The first-order chi connectivity index (χ1) is 10.4. The molecule has 2 aromatic rings. The van der Waals surface area contributed by atoms with Gasteiger partial charge in [-0.15, -0.1) is 0 Å². The van der Waals surface area contributed by atoms with E-state index in [-0.39, 0.29) is 11.5 Å². The van der Waals surface area contributed by atoms with Crippen LogP contribution in [-0.2, 0) is 6.42 Å². The smallest absolute Gasteiger partial charge is 0.137 e. The molecule has 2 unspecified atom stereocenters. The third-order valence-electron chi connectivity index (χ3n) is 3.91. The Morgan fingerprint density at radius 1 is 1.23 bits per heavy atom. The summed E-state index contributed by atoms with van der Waals surface area (Å²) in [4.78, 5) is 4.01. The SMILES string of the molecule is CC(C)(C)C(O)C(CCCc1ccc(Cl)cc1)n1cncn1. The number of hydrogen-bond donors (Lipinski definition) is 1. The molecule has 120 valence electrons. The van der Waals surface area contributed by atoms with Gasteiger partial charge in [0.25, 0.3) is 0 Å². The second-order valence-electron chi connectivity index (χ2n) is 6.77. The first-order valence-corrected chi connectivity index (χ1v) is 8.02. The maximum Gasteiger partial charge on any atom is 0.137 e. The van der Waals surface area contributed by atoms with E-state index in [1.165, 1.54) is 11.9 Å². The first kappa shape index (κ1) is 17.0. The molecule has 0 aliphatic heterocycles. The highest BCUT2D eigenvalue weighted by atomic mass is 35.5. The van der Waals surface area contributed by atoms with Crippen molar-refractivity contribution in [3.63, 3.8) is 0 Å². The lowest BCUT2D eigenvalue weighted by Crippen LogP contribution is -2.36. The Kier molecular flexibility index (Phi) is 5.59. The van der Waals surface area contributed by atoms with Gasteiger partial charge in [-0.05, 0) is 42.4 Å². The van der Waals surface area contributed by atoms with Gasteiger partial charge >= 0.3 is 0 Å². The lowest BCUT2D eigenvalue weighted by atomic mass is 9.83. The Bertz CT molecular complexity index is 561. The normalized spacial score (nSPS) is 14.8. The zero-order valence-corrected chi connectivity index (χ0v) is 14.2. The minimum atomic E-state index is -0.473. The van der Waals surface area contributed by atoms with E-state index in [1.54, 1.807) is 11.0 Å². The Hall–Kier alpha value is -1.39. The third kappa shape index (κ3) is 4.55. The molecule has 1 aromatic heterocycles. The summed E-state index contributed by atoms with van der Waals surface area (Å²) in [7, 11) is 0. The summed E-state index contributed by atoms with van der Waals surface area (Å²) in [5.74, 6) is 0. The van der Waals surface area contributed by atoms with Crippen LogP contribution in [0.5, 0.6) is 0 Å². The summed E-state index contributed by atoms with van der Waals surface area (Å²) >= 11 is 5.90. The number of aliphatic hydroxyl groups is 1. The van der Waals surface area contributed by atoms with E-state index in [0.717, 1.165) is 24.3 Å². The van der Waals surface area contributed by atoms with E-state index in [1.807, 2.05) is 45.0 Å². The maximum absolute atomic E-state index is 10.6. The summed E-state index contributed by atoms with van der Waals surface area (Å²) in [6, 6.07) is 7.86. The second-order valence-corrected chi connectivity index (χ2v) is 7.21. The molecule has 0 amide bonds. The number of aliphatic hydroxyl groups excluding tert-OH is 1. The van der Waals surface area contributed by atoms with Gasteiger partial charge in [0.2, 0.25) is 0 Å². The van der Waals surface area contributed by atoms with Crippen molar-refractivity contribution in [2.75, 3.05) is 0 Å². The number of aromatic nitrogens is 3. The van der Waals surface area contributed by atoms with E-state index in [2.05, 4.69) is 10.1 Å². The summed E-state index contributed by atoms with van der Waals surface area (Å²) < 4.78 is 1.78. The Balaban J connectivity index is 2.00. The number of aryl methyl sites for hydroxylation is 1. The minimum absolute atomic E-state index is 0.0604. The molecule has 0 fully saturated rings. The van der Waals surface area contributed by atoms with Crippen LogP contribution in [0.1, 0.15) is 45.2 Å². The number of nitrogens with zero attached hydrogens (tertiary/aromatic N) is 3. The first-order valence-electron chi connectivity index (χ1n) is 7.64. The fraction of sp³-hybridized carbons (Fsp3) is 0.529. The summed E-state index contributed by atoms with van der Waals surface area (Å²) in [6.45, 7) is 6.13. The molecule has 1 N–H and O–H groups in total. The predicted octanol–water partition coefficient (Wildman–Crippen LogP) is 3.90. The third-order valence-corrected chi connectivity index (χ3v) is 4.16. The number of halogens is 1. The molecule has 0 aliphatic carbocycles. The quantitative estimate of drug-likeness (QED) is 0.877. The lowest BCUT2D eigenvalue weighted by molar-refractivity contribution is 0.00870. The van der Waals surface area contributed by atoms with Gasteiger partial charge in [0.05, 0.1) is 12.1 Å². The van der Waals surface area contributed by atoms with Gasteiger partial charge in [-0.2, -0.15) is 5.10 Å². The molecular weight excluding hydrogens is 298 g/mol. The lowest BCUT2D eigenvalue weighted by Gasteiger charge is -2.33. The largest absolute Gasteiger partial charge is 0.390 e. The van der Waals surface area contributed by atoms with Crippen molar-refractivity contribution in [3.05, 3.63) is 47.5 Å². The second kappa shape index (κ2) is 7.25. The van der Waals surface area contributed by atoms with Crippen LogP contribution in [0.15, 0.2) is 36.9 Å². The van der Waals surface area contributed by atoms with Crippen LogP contribution in [0.25, 0.3) is 0 Å². The van der Waals surface area contributed by atoms with Crippen molar-refractivity contribution in [1.29, 1.82) is 0 Å². The zero-order chi connectivity index (χ0) is 16.2. The van der Waals surface area contributed by atoms with Gasteiger partial charge < -0.3 is 5.11 Å². The zero-order valence-electron chi connectivity index (χ0n) is 13.4. The molecular formula is C17H24ClN3O. The van der Waals surface area contributed by atoms with Crippen molar-refractivity contribution in [2.45, 2.75) is 52.2 Å². The van der Waals surface area contributed by atoms with Crippen LogP contribution < -0.4 is 0 Å². The van der Waals surface area contributed by atoms with E-state index in [9.17, 15) is 5.11 Å². The van der Waals surface area contributed by atoms with Crippen LogP contribution in [-0.4, -0.2) is 26.0 Å². The van der Waals surface area contributed by atoms with E-state index >= 15 is 0 Å². The van der Waals surface area contributed by atoms with Gasteiger partial charge in [-0.1, -0.05) is 44.5 Å². The molecule has 0 bridgehead atoms. The molecule has 1 aromatic carbocycles. The van der Waals surface area contributed by atoms with Gasteiger partial charge in [-0.25, -0.2) is 9.67 Å². The van der Waals surface area contributed by atoms with Crippen molar-refractivity contribution < 1.29 is 5.11 Å². The van der Waals surface area contributed by atoms with Crippen LogP contribution >= 0.6 is 11.6 Å². The van der Waals surface area contributed by atoms with E-state index in [0.29, 0.717) is 0 Å². The monoisotopic (exact) mass is 321 g/mol. The van der Waals surface area contributed by atoms with Gasteiger partial charge in [-0.3, -0.25) is 0 Å². The van der Waals surface area contributed by atoms with Crippen LogP contribution in [0.4, 0.5) is 0 Å². The highest BCUT2D eigenvalue weighted by molar-refractivity contribution is 6.30. The van der Waals surface area contributed by atoms with Crippen molar-refractivity contribution in [3.8, 4) is 0 Å². The van der Waals surface area contributed by atoms with Crippen molar-refractivity contribution >= 4 is 11.6 Å². The molecule has 4 nitrogen and oxygen atoms in total. The molecule has 0 saturated heterocycles. The van der Waals surface area contributed by atoms with Gasteiger partial charge in [0.1, 0.15) is 12.7 Å². The number of benzene rings is 1. The average molecular weight is 322 g/mol. The maximum atomic E-state index is 10.6. The van der Waals surface area contributed by atoms with Crippen molar-refractivity contribution in [1.82, 2.24) is 14.8 Å². The molecule has 0 radical (unpaired) electrons. The fourth-order valence-corrected chi connectivity index (χ4v) is 2.69. The summed E-state index contributed by atoms with van der Waals surface area (Å²) in [5.41, 5.74) is 1.06. The predicted molar refractivity (Wildman–Crippen MR) is 88.9 cm³/mol. The van der Waals surface area contributed by atoms with Crippen LogP contribution in [0, 0.1) is 5.41 Å². The van der Waals surface area contributed by atoms with Gasteiger partial charge in [0, 0.05) is 5.02 Å². The highest BCUT2D eigenvalue weighted by Gasteiger charge is 2.31. The molecule has 0 spiro atoms. The topological polar surface area (TPSA) is 50.9 Å². The Labute approximate surface area is 137 Å². The average Bonchev–Trinajstić information content (AvgIpc) is 2.98. The van der Waals surface area contributed by atoms with Crippen molar-refractivity contribution in [2.24, 2.45) is 5.41 Å². The summed E-state index contributed by atoms with van der Waals surface area (Å²) in [5, 5.41) is 15.6. The minimum Gasteiger partial charge on any atom is -0.390 e. The highest BCUT2D eigenvalue weighted by Crippen LogP contribution is 2.31. The van der Waals surface area contributed by atoms with E-state index in [4.69, 9.17) is 11.6 Å². The summed E-state index contributed by atoms with van der Waals surface area (Å²) in [6.07, 6.45) is 5.51. The van der Waals surface area contributed by atoms with Crippen LogP contribution in [0.2, 0.25) is 5.02 Å². The van der Waals surface area contributed by atoms with Gasteiger partial charge in [0.15, 0.2) is 0 Å². The molecule has 2 rings (SSSR count). The molecule has 0 aliphatic rings. The van der Waals surface area contributed by atoms with E-state index < -0.39 is 6.10 Å². The molecule has 22 heavy (non-hydrogen) atoms. The standard InChI is InChI=1S/C17H24ClN3O/c1-17(2,3)16(22)15(21-12-19-11-20-21)6-4-5-13-7-9-14(18)10-8-13/h7-12,15-16,22H,4-6H2,1-3H3. The number of rotatable bonds is 6. The molecule has 5 heteroatoms. The molecule has 2 atom stereocenters.